The monoisotopic (exact) mass is 129 g/mol. The molecule has 1 unspecified atom stereocenters. The molecule has 1 atom stereocenters. The third kappa shape index (κ3) is 8.83. The van der Waals surface area contributed by atoms with E-state index < -0.39 is 0 Å². The molecule has 0 saturated carbocycles. The van der Waals surface area contributed by atoms with Gasteiger partial charge in [-0.3, -0.25) is 0 Å². The molecule has 0 spiro atoms. The van der Waals surface area contributed by atoms with Gasteiger partial charge < -0.3 is 10.8 Å². The topological polar surface area (TPSA) is 44.0 Å². The summed E-state index contributed by atoms with van der Waals surface area (Å²) < 4.78 is 0. The molecule has 6 heavy (non-hydrogen) atoms. The SMILES string of the molecule is CC([NH-])CO.[Mn]. The van der Waals surface area contributed by atoms with E-state index in [0.717, 1.165) is 0 Å². The predicted molar refractivity (Wildman–Crippen MR) is 20.9 cm³/mol. The zero-order valence-electron chi connectivity index (χ0n) is 3.61. The summed E-state index contributed by atoms with van der Waals surface area (Å²) >= 11 is 0. The van der Waals surface area contributed by atoms with Crippen molar-refractivity contribution in [2.45, 2.75) is 13.0 Å². The van der Waals surface area contributed by atoms with Crippen LogP contribution in [0.1, 0.15) is 6.92 Å². The number of hydrogen-bond acceptors (Lipinski definition) is 1. The van der Waals surface area contributed by atoms with Crippen LogP contribution in [0.15, 0.2) is 0 Å². The van der Waals surface area contributed by atoms with E-state index in [0.29, 0.717) is 0 Å². The summed E-state index contributed by atoms with van der Waals surface area (Å²) in [5.74, 6) is 0. The van der Waals surface area contributed by atoms with E-state index in [1.54, 1.807) is 6.92 Å². The van der Waals surface area contributed by atoms with Crippen molar-refractivity contribution in [2.75, 3.05) is 6.61 Å². The molecule has 3 heteroatoms. The molecule has 0 fully saturated rings. The van der Waals surface area contributed by atoms with Crippen LogP contribution in [0.3, 0.4) is 0 Å². The first-order chi connectivity index (χ1) is 2.27. The summed E-state index contributed by atoms with van der Waals surface area (Å²) in [5, 5.41) is 7.96. The van der Waals surface area contributed by atoms with Gasteiger partial charge >= 0.3 is 0 Å². The Morgan fingerprint density at radius 2 is 2.00 bits per heavy atom. The van der Waals surface area contributed by atoms with Crippen molar-refractivity contribution in [3.05, 3.63) is 5.73 Å². The summed E-state index contributed by atoms with van der Waals surface area (Å²) in [5.41, 5.74) is 6.58. The van der Waals surface area contributed by atoms with Gasteiger partial charge in [0.05, 0.1) is 0 Å². The van der Waals surface area contributed by atoms with Crippen LogP contribution in [-0.2, 0) is 17.1 Å². The Kier molecular flexibility index (Phi) is 8.76. The fourth-order valence-electron chi connectivity index (χ4n) is 0. The van der Waals surface area contributed by atoms with Gasteiger partial charge in [0, 0.05) is 23.7 Å². The number of nitrogens with one attached hydrogen (secondary N) is 1. The molecular formula is C3H8MnNO-. The maximum Gasteiger partial charge on any atom is 0.0266 e. The first kappa shape index (κ1) is 9.67. The normalized spacial score (nSPS) is 12.5. The summed E-state index contributed by atoms with van der Waals surface area (Å²) in [6, 6.07) is -0.310. The van der Waals surface area contributed by atoms with Crippen molar-refractivity contribution in [1.29, 1.82) is 0 Å². The molecule has 2 N–H and O–H groups in total. The second kappa shape index (κ2) is 5.44. The van der Waals surface area contributed by atoms with Crippen molar-refractivity contribution < 1.29 is 22.2 Å². The van der Waals surface area contributed by atoms with Gasteiger partial charge in [0.15, 0.2) is 0 Å². The summed E-state index contributed by atoms with van der Waals surface area (Å²) in [7, 11) is 0. The minimum Gasteiger partial charge on any atom is -0.673 e. The number of aliphatic hydroxyl groups is 1. The van der Waals surface area contributed by atoms with Crippen molar-refractivity contribution in [3.63, 3.8) is 0 Å². The molecule has 39 valence electrons. The molecule has 1 radical (unpaired) electrons. The van der Waals surface area contributed by atoms with Crippen molar-refractivity contribution >= 4 is 0 Å². The average molecular weight is 129 g/mol. The van der Waals surface area contributed by atoms with Crippen LogP contribution in [0.4, 0.5) is 0 Å². The Bertz CT molecular complexity index is 24.8. The van der Waals surface area contributed by atoms with E-state index >= 15 is 0 Å². The second-order valence-electron chi connectivity index (χ2n) is 1.08. The quantitative estimate of drug-likeness (QED) is 0.512. The van der Waals surface area contributed by atoms with Crippen molar-refractivity contribution in [2.24, 2.45) is 0 Å². The van der Waals surface area contributed by atoms with Gasteiger partial charge in [-0.15, -0.1) is 6.04 Å². The number of aliphatic hydroxyl groups excluding tert-OH is 1. The Balaban J connectivity index is 0. The van der Waals surface area contributed by atoms with E-state index in [-0.39, 0.29) is 29.7 Å². The summed E-state index contributed by atoms with van der Waals surface area (Å²) in [6.45, 7) is 1.61. The Morgan fingerprint density at radius 3 is 2.00 bits per heavy atom. The molecule has 0 amide bonds. The zero-order valence-corrected chi connectivity index (χ0v) is 4.79. The van der Waals surface area contributed by atoms with E-state index in [1.165, 1.54) is 0 Å². The first-order valence-corrected chi connectivity index (χ1v) is 1.59. The Morgan fingerprint density at radius 1 is 1.83 bits per heavy atom. The van der Waals surface area contributed by atoms with Gasteiger partial charge in [0.25, 0.3) is 0 Å². The largest absolute Gasteiger partial charge is 0.673 e. The second-order valence-corrected chi connectivity index (χ2v) is 1.08. The molecule has 0 bridgehead atoms. The average Bonchev–Trinajstić information content (AvgIpc) is 1.38. The van der Waals surface area contributed by atoms with Crippen LogP contribution in [-0.4, -0.2) is 17.8 Å². The van der Waals surface area contributed by atoms with Gasteiger partial charge in [-0.25, -0.2) is 0 Å². The third-order valence-corrected chi connectivity index (χ3v) is 0.274. The maximum absolute atomic E-state index is 7.96. The Hall–Kier alpha value is 0.439. The van der Waals surface area contributed by atoms with Crippen LogP contribution in [0.25, 0.3) is 5.73 Å². The molecule has 0 aromatic heterocycles. The molecule has 0 aromatic rings. The third-order valence-electron chi connectivity index (χ3n) is 0.274. The van der Waals surface area contributed by atoms with E-state index in [2.05, 4.69) is 0 Å². The fraction of sp³-hybridized carbons (Fsp3) is 1.00. The predicted octanol–water partition coefficient (Wildman–Crippen LogP) is 0.417. The molecular weight excluding hydrogens is 121 g/mol. The zero-order chi connectivity index (χ0) is 4.28. The van der Waals surface area contributed by atoms with Crippen LogP contribution in [0.5, 0.6) is 0 Å². The molecule has 0 aliphatic heterocycles. The minimum atomic E-state index is -0.310. The molecule has 0 rings (SSSR count). The van der Waals surface area contributed by atoms with E-state index in [9.17, 15) is 0 Å². The first-order valence-electron chi connectivity index (χ1n) is 1.59. The number of hydrogen-bond donors (Lipinski definition) is 1. The molecule has 2 nitrogen and oxygen atoms in total. The minimum absolute atomic E-state index is 0. The molecule has 0 heterocycles. The van der Waals surface area contributed by atoms with Crippen molar-refractivity contribution in [3.8, 4) is 0 Å². The van der Waals surface area contributed by atoms with Crippen LogP contribution in [0, 0.1) is 0 Å². The molecule has 0 saturated heterocycles. The molecule has 0 aliphatic carbocycles. The van der Waals surface area contributed by atoms with Gasteiger partial charge in [0.2, 0.25) is 0 Å². The maximum atomic E-state index is 7.96. The van der Waals surface area contributed by atoms with Gasteiger partial charge in [-0.05, 0) is 0 Å². The molecule has 0 aromatic carbocycles. The standard InChI is InChI=1S/C3H8NO.Mn/c1-3(4)2-5;/h3-5H,2H2,1H3;/q-1;. The van der Waals surface area contributed by atoms with E-state index in [1.807, 2.05) is 0 Å². The van der Waals surface area contributed by atoms with Gasteiger partial charge in [-0.1, -0.05) is 6.92 Å². The van der Waals surface area contributed by atoms with Gasteiger partial charge in [0.1, 0.15) is 0 Å². The summed E-state index contributed by atoms with van der Waals surface area (Å²) in [6.07, 6.45) is 0. The Labute approximate surface area is 48.2 Å². The van der Waals surface area contributed by atoms with E-state index in [4.69, 9.17) is 10.8 Å². The fourth-order valence-corrected chi connectivity index (χ4v) is 0. The summed E-state index contributed by atoms with van der Waals surface area (Å²) in [4.78, 5) is 0. The van der Waals surface area contributed by atoms with Gasteiger partial charge in [-0.2, -0.15) is 0 Å². The smallest absolute Gasteiger partial charge is 0.0266 e. The molecule has 0 aliphatic rings. The van der Waals surface area contributed by atoms with Crippen molar-refractivity contribution in [1.82, 2.24) is 0 Å². The van der Waals surface area contributed by atoms with Crippen LogP contribution >= 0.6 is 0 Å². The van der Waals surface area contributed by atoms with Crippen LogP contribution in [0.2, 0.25) is 0 Å². The number of rotatable bonds is 1. The van der Waals surface area contributed by atoms with Crippen LogP contribution < -0.4 is 0 Å².